The molecule has 0 N–H and O–H groups in total. The highest BCUT2D eigenvalue weighted by atomic mass is 79.9. The maximum atomic E-state index is 4.25. The topological polar surface area (TPSA) is 0 Å². The average Bonchev–Trinajstić information content (AvgIpc) is 2.86. The van der Waals surface area contributed by atoms with Crippen LogP contribution in [0, 0.1) is 0 Å². The largest absolute Gasteiger partial charge is 0.100 e. The molecule has 3 aromatic rings. The lowest BCUT2D eigenvalue weighted by Gasteiger charge is -2.33. The van der Waals surface area contributed by atoms with Crippen molar-refractivity contribution in [1.82, 2.24) is 0 Å². The molecule has 0 amide bonds. The molecule has 0 saturated carbocycles. The lowest BCUT2D eigenvalue weighted by atomic mass is 9.69. The fourth-order valence-corrected chi connectivity index (χ4v) is 4.48. The molecule has 0 radical (unpaired) electrons. The highest BCUT2D eigenvalue weighted by molar-refractivity contribution is 9.10. The molecule has 0 fully saturated rings. The van der Waals surface area contributed by atoms with Crippen LogP contribution in [0.3, 0.4) is 0 Å². The van der Waals surface area contributed by atoms with Crippen LogP contribution >= 0.6 is 15.9 Å². The monoisotopic (exact) mass is 374 g/mol. The third-order valence-electron chi connectivity index (χ3n) is 4.95. The zero-order valence-electron chi connectivity index (χ0n) is 13.7. The Balaban J connectivity index is 2.13. The number of hydrogen-bond acceptors (Lipinski definition) is 0. The molecule has 0 bridgehead atoms. The predicted molar refractivity (Wildman–Crippen MR) is 105 cm³/mol. The highest BCUT2D eigenvalue weighted by Crippen LogP contribution is 2.55. The fraction of sp³-hybridized carbons (Fsp3) is 0.130. The van der Waals surface area contributed by atoms with Gasteiger partial charge in [-0.05, 0) is 53.3 Å². The van der Waals surface area contributed by atoms with Crippen LogP contribution in [0.1, 0.15) is 30.0 Å². The van der Waals surface area contributed by atoms with Gasteiger partial charge in [-0.25, -0.2) is 0 Å². The maximum Gasteiger partial charge on any atom is 0.0500 e. The van der Waals surface area contributed by atoms with Crippen molar-refractivity contribution < 1.29 is 0 Å². The summed E-state index contributed by atoms with van der Waals surface area (Å²) in [5, 5.41) is 0. The molecule has 1 heteroatoms. The van der Waals surface area contributed by atoms with Crippen LogP contribution in [0.4, 0.5) is 0 Å². The summed E-state index contributed by atoms with van der Waals surface area (Å²) in [6.45, 7) is 6.37. The van der Waals surface area contributed by atoms with Crippen LogP contribution in [-0.2, 0) is 5.41 Å². The molecule has 118 valence electrons. The van der Waals surface area contributed by atoms with E-state index in [-0.39, 0.29) is 5.41 Å². The molecular formula is C23H19Br. The summed E-state index contributed by atoms with van der Waals surface area (Å²) in [4.78, 5) is 0. The molecule has 24 heavy (non-hydrogen) atoms. The van der Waals surface area contributed by atoms with Crippen LogP contribution in [0.2, 0.25) is 0 Å². The Bertz CT molecular complexity index is 924. The second kappa shape index (κ2) is 5.75. The molecule has 3 aromatic carbocycles. The maximum absolute atomic E-state index is 4.25. The van der Waals surface area contributed by atoms with Crippen molar-refractivity contribution in [2.75, 3.05) is 0 Å². The van der Waals surface area contributed by atoms with Crippen LogP contribution in [-0.4, -0.2) is 0 Å². The minimum absolute atomic E-state index is 0.164. The van der Waals surface area contributed by atoms with E-state index in [0.717, 1.165) is 10.9 Å². The second-order valence-electron chi connectivity index (χ2n) is 6.64. The second-order valence-corrected chi connectivity index (χ2v) is 7.56. The van der Waals surface area contributed by atoms with Gasteiger partial charge in [0.2, 0.25) is 0 Å². The zero-order valence-corrected chi connectivity index (χ0v) is 15.3. The first-order valence-electron chi connectivity index (χ1n) is 8.23. The van der Waals surface area contributed by atoms with Crippen LogP contribution < -0.4 is 0 Å². The van der Waals surface area contributed by atoms with Crippen molar-refractivity contribution in [3.63, 3.8) is 0 Å². The van der Waals surface area contributed by atoms with Gasteiger partial charge in [-0.1, -0.05) is 82.2 Å². The Hall–Kier alpha value is -2.12. The average molecular weight is 375 g/mol. The number of halogens is 1. The van der Waals surface area contributed by atoms with Gasteiger partial charge in [0.05, 0.1) is 5.41 Å². The first kappa shape index (κ1) is 15.4. The summed E-state index contributed by atoms with van der Waals surface area (Å²) < 4.78 is 1.12. The van der Waals surface area contributed by atoms with Crippen LogP contribution in [0.5, 0.6) is 0 Å². The molecule has 1 aliphatic carbocycles. The van der Waals surface area contributed by atoms with E-state index < -0.39 is 0 Å². The first-order valence-corrected chi connectivity index (χ1v) is 9.02. The number of rotatable bonds is 3. The SMILES string of the molecule is C=C(C)CC1(c2ccccc2)c2ccccc2-c2ccc(Br)cc21. The Morgan fingerprint density at radius 2 is 1.54 bits per heavy atom. The normalized spacial score (nSPS) is 18.1. The lowest BCUT2D eigenvalue weighted by Crippen LogP contribution is -2.27. The smallest absolute Gasteiger partial charge is 0.0500 e. The molecule has 0 spiro atoms. The van der Waals surface area contributed by atoms with Gasteiger partial charge in [0.1, 0.15) is 0 Å². The fourth-order valence-electron chi connectivity index (χ4n) is 4.12. The third kappa shape index (κ3) is 2.19. The van der Waals surface area contributed by atoms with Crippen LogP contribution in [0.15, 0.2) is 89.4 Å². The first-order chi connectivity index (χ1) is 11.6. The van der Waals surface area contributed by atoms with Crippen molar-refractivity contribution in [3.8, 4) is 11.1 Å². The number of fused-ring (bicyclic) bond motifs is 3. The van der Waals surface area contributed by atoms with E-state index >= 15 is 0 Å². The third-order valence-corrected chi connectivity index (χ3v) is 5.45. The van der Waals surface area contributed by atoms with Crippen molar-refractivity contribution in [2.45, 2.75) is 18.8 Å². The summed E-state index contributed by atoms with van der Waals surface area (Å²) >= 11 is 3.68. The van der Waals surface area contributed by atoms with Gasteiger partial charge in [-0.2, -0.15) is 0 Å². The molecule has 1 atom stereocenters. The molecule has 4 rings (SSSR count). The Kier molecular flexibility index (Phi) is 3.69. The molecular weight excluding hydrogens is 356 g/mol. The van der Waals surface area contributed by atoms with Gasteiger partial charge in [-0.3, -0.25) is 0 Å². The van der Waals surface area contributed by atoms with Gasteiger partial charge >= 0.3 is 0 Å². The number of allylic oxidation sites excluding steroid dienone is 1. The molecule has 1 unspecified atom stereocenters. The number of benzene rings is 3. The summed E-state index contributed by atoms with van der Waals surface area (Å²) in [5.41, 5.74) is 7.78. The Labute approximate surface area is 152 Å². The Morgan fingerprint density at radius 1 is 0.875 bits per heavy atom. The van der Waals surface area contributed by atoms with E-state index in [2.05, 4.69) is 102 Å². The van der Waals surface area contributed by atoms with E-state index in [0.29, 0.717) is 0 Å². The summed E-state index contributed by atoms with van der Waals surface area (Å²) in [5.74, 6) is 0. The van der Waals surface area contributed by atoms with Gasteiger partial charge < -0.3 is 0 Å². The van der Waals surface area contributed by atoms with E-state index in [1.165, 1.54) is 33.4 Å². The molecule has 0 aromatic heterocycles. The molecule has 0 aliphatic heterocycles. The van der Waals surface area contributed by atoms with Gasteiger partial charge in [0.25, 0.3) is 0 Å². The standard InChI is InChI=1S/C23H19Br/c1-16(2)15-23(17-8-4-3-5-9-17)21-11-7-6-10-19(21)20-13-12-18(24)14-22(20)23/h3-14H,1,15H2,2H3. The van der Waals surface area contributed by atoms with Crippen molar-refractivity contribution in [3.05, 3.63) is 106 Å². The van der Waals surface area contributed by atoms with E-state index in [4.69, 9.17) is 0 Å². The van der Waals surface area contributed by atoms with Crippen molar-refractivity contribution in [1.29, 1.82) is 0 Å². The van der Waals surface area contributed by atoms with Gasteiger partial charge in [-0.15, -0.1) is 6.58 Å². The highest BCUT2D eigenvalue weighted by Gasteiger charge is 2.44. The molecule has 1 aliphatic rings. The summed E-state index contributed by atoms with van der Waals surface area (Å²) in [7, 11) is 0. The van der Waals surface area contributed by atoms with E-state index in [1.807, 2.05) is 0 Å². The molecule has 0 saturated heterocycles. The summed E-state index contributed by atoms with van der Waals surface area (Å²) in [6.07, 6.45) is 0.914. The Morgan fingerprint density at radius 3 is 2.29 bits per heavy atom. The van der Waals surface area contributed by atoms with E-state index in [1.54, 1.807) is 0 Å². The zero-order chi connectivity index (χ0) is 16.7. The van der Waals surface area contributed by atoms with Gasteiger partial charge in [0.15, 0.2) is 0 Å². The number of hydrogen-bond donors (Lipinski definition) is 0. The van der Waals surface area contributed by atoms with Gasteiger partial charge in [0, 0.05) is 4.47 Å². The van der Waals surface area contributed by atoms with Crippen LogP contribution in [0.25, 0.3) is 11.1 Å². The van der Waals surface area contributed by atoms with E-state index in [9.17, 15) is 0 Å². The minimum Gasteiger partial charge on any atom is -0.100 e. The molecule has 0 heterocycles. The van der Waals surface area contributed by atoms with Crippen molar-refractivity contribution >= 4 is 15.9 Å². The predicted octanol–water partition coefficient (Wildman–Crippen LogP) is 6.73. The van der Waals surface area contributed by atoms with Crippen molar-refractivity contribution in [2.24, 2.45) is 0 Å². The molecule has 0 nitrogen and oxygen atoms in total. The summed E-state index contributed by atoms with van der Waals surface area (Å²) in [6, 6.07) is 26.3. The quantitative estimate of drug-likeness (QED) is 0.445. The lowest BCUT2D eigenvalue weighted by molar-refractivity contribution is 0.626. The minimum atomic E-state index is -0.164.